The van der Waals surface area contributed by atoms with Gasteiger partial charge in [-0.1, -0.05) is 30.9 Å². The second-order valence-corrected chi connectivity index (χ2v) is 3.74. The van der Waals surface area contributed by atoms with E-state index in [1.807, 2.05) is 35.0 Å². The molecule has 0 radical (unpaired) electrons. The first kappa shape index (κ1) is 11.5. The van der Waals surface area contributed by atoms with Gasteiger partial charge in [-0.05, 0) is 18.6 Å². The quantitative estimate of drug-likeness (QED) is 0.755. The van der Waals surface area contributed by atoms with Gasteiger partial charge in [-0.25, -0.2) is 0 Å². The molecule has 0 fully saturated rings. The van der Waals surface area contributed by atoms with Crippen LogP contribution in [0.15, 0.2) is 37.0 Å². The second kappa shape index (κ2) is 4.87. The van der Waals surface area contributed by atoms with Crippen molar-refractivity contribution >= 4 is 22.9 Å². The number of aromatic nitrogens is 1. The minimum Gasteiger partial charge on any atom is -0.465 e. The van der Waals surface area contributed by atoms with Gasteiger partial charge in [0.15, 0.2) is 0 Å². The first-order valence-corrected chi connectivity index (χ1v) is 5.62. The Bertz CT molecular complexity index is 554. The second-order valence-electron chi connectivity index (χ2n) is 3.74. The van der Waals surface area contributed by atoms with Gasteiger partial charge in [-0.2, -0.15) is 0 Å². The van der Waals surface area contributed by atoms with E-state index in [0.29, 0.717) is 6.61 Å². The molecule has 0 N–H and O–H groups in total. The molecule has 0 aliphatic heterocycles. The summed E-state index contributed by atoms with van der Waals surface area (Å²) in [5.74, 6) is -0.219. The minimum atomic E-state index is -0.219. The Morgan fingerprint density at radius 2 is 2.24 bits per heavy atom. The average molecular weight is 229 g/mol. The van der Waals surface area contributed by atoms with E-state index in [1.165, 1.54) is 0 Å². The molecule has 88 valence electrons. The van der Waals surface area contributed by atoms with Crippen LogP contribution in [0.25, 0.3) is 17.0 Å². The van der Waals surface area contributed by atoms with Gasteiger partial charge in [0.25, 0.3) is 0 Å². The molecule has 2 aromatic rings. The summed E-state index contributed by atoms with van der Waals surface area (Å²) < 4.78 is 6.85. The van der Waals surface area contributed by atoms with E-state index in [2.05, 4.69) is 6.58 Å². The van der Waals surface area contributed by atoms with Crippen LogP contribution in [-0.4, -0.2) is 17.1 Å². The molecular weight excluding hydrogens is 214 g/mol. The molecule has 3 heteroatoms. The van der Waals surface area contributed by atoms with Gasteiger partial charge in [0.2, 0.25) is 0 Å². The van der Waals surface area contributed by atoms with Crippen LogP contribution in [-0.2, 0) is 16.1 Å². The van der Waals surface area contributed by atoms with Gasteiger partial charge in [0.1, 0.15) is 6.54 Å². The predicted molar refractivity (Wildman–Crippen MR) is 68.7 cm³/mol. The first-order chi connectivity index (χ1) is 8.26. The molecule has 0 atom stereocenters. The van der Waals surface area contributed by atoms with Gasteiger partial charge in [0, 0.05) is 17.1 Å². The zero-order chi connectivity index (χ0) is 12.3. The highest BCUT2D eigenvalue weighted by Gasteiger charge is 2.09. The summed E-state index contributed by atoms with van der Waals surface area (Å²) in [4.78, 5) is 11.5. The molecule has 1 aromatic carbocycles. The van der Waals surface area contributed by atoms with E-state index in [0.717, 1.165) is 16.5 Å². The van der Waals surface area contributed by atoms with Crippen LogP contribution in [0.2, 0.25) is 0 Å². The number of hydrogen-bond acceptors (Lipinski definition) is 2. The third-order valence-electron chi connectivity index (χ3n) is 2.64. The minimum absolute atomic E-state index is 0.219. The van der Waals surface area contributed by atoms with Crippen molar-refractivity contribution in [2.45, 2.75) is 13.5 Å². The molecule has 0 unspecified atom stereocenters. The Hall–Kier alpha value is -2.03. The summed E-state index contributed by atoms with van der Waals surface area (Å²) in [6.07, 6.45) is 3.72. The van der Waals surface area contributed by atoms with Crippen molar-refractivity contribution in [1.29, 1.82) is 0 Å². The van der Waals surface area contributed by atoms with Crippen molar-refractivity contribution in [2.75, 3.05) is 6.61 Å². The van der Waals surface area contributed by atoms with Crippen LogP contribution in [0.1, 0.15) is 12.5 Å². The molecule has 1 aromatic heterocycles. The summed E-state index contributed by atoms with van der Waals surface area (Å²) >= 11 is 0. The summed E-state index contributed by atoms with van der Waals surface area (Å²) in [6, 6.07) is 7.94. The SMILES string of the molecule is C=Cc1cn(CC(=O)OCC)c2ccccc12. The molecule has 0 aliphatic rings. The monoisotopic (exact) mass is 229 g/mol. The lowest BCUT2D eigenvalue weighted by Crippen LogP contribution is -2.12. The van der Waals surface area contributed by atoms with Crippen molar-refractivity contribution in [3.8, 4) is 0 Å². The highest BCUT2D eigenvalue weighted by molar-refractivity contribution is 5.90. The maximum atomic E-state index is 11.5. The smallest absolute Gasteiger partial charge is 0.325 e. The number of benzene rings is 1. The Labute approximate surface area is 100 Å². The number of carbonyl (C=O) groups is 1. The molecule has 0 saturated carbocycles. The lowest BCUT2D eigenvalue weighted by molar-refractivity contribution is -0.143. The molecule has 0 amide bonds. The number of nitrogens with zero attached hydrogens (tertiary/aromatic N) is 1. The van der Waals surface area contributed by atoms with Crippen LogP contribution in [0, 0.1) is 0 Å². The fourth-order valence-corrected chi connectivity index (χ4v) is 1.91. The molecule has 0 spiro atoms. The van der Waals surface area contributed by atoms with E-state index in [-0.39, 0.29) is 12.5 Å². The van der Waals surface area contributed by atoms with Gasteiger partial charge in [-0.15, -0.1) is 0 Å². The third kappa shape index (κ3) is 2.23. The number of rotatable bonds is 4. The molecule has 17 heavy (non-hydrogen) atoms. The fourth-order valence-electron chi connectivity index (χ4n) is 1.91. The highest BCUT2D eigenvalue weighted by atomic mass is 16.5. The number of fused-ring (bicyclic) bond motifs is 1. The zero-order valence-electron chi connectivity index (χ0n) is 9.85. The van der Waals surface area contributed by atoms with Crippen molar-refractivity contribution in [3.05, 3.63) is 42.6 Å². The number of hydrogen-bond donors (Lipinski definition) is 0. The molecule has 0 bridgehead atoms. The van der Waals surface area contributed by atoms with Crippen LogP contribution in [0.4, 0.5) is 0 Å². The van der Waals surface area contributed by atoms with E-state index in [4.69, 9.17) is 4.74 Å². The van der Waals surface area contributed by atoms with Crippen LogP contribution in [0.5, 0.6) is 0 Å². The molecule has 3 nitrogen and oxygen atoms in total. The van der Waals surface area contributed by atoms with E-state index in [9.17, 15) is 4.79 Å². The van der Waals surface area contributed by atoms with Gasteiger partial charge >= 0.3 is 5.97 Å². The highest BCUT2D eigenvalue weighted by Crippen LogP contribution is 2.22. The van der Waals surface area contributed by atoms with E-state index >= 15 is 0 Å². The van der Waals surface area contributed by atoms with Crippen LogP contribution in [0.3, 0.4) is 0 Å². The van der Waals surface area contributed by atoms with Gasteiger partial charge in [0.05, 0.1) is 6.61 Å². The predicted octanol–water partition coefficient (Wildman–Crippen LogP) is 2.85. The lowest BCUT2D eigenvalue weighted by atomic mass is 10.2. The van der Waals surface area contributed by atoms with Gasteiger partial charge < -0.3 is 9.30 Å². The lowest BCUT2D eigenvalue weighted by Gasteiger charge is -2.04. The van der Waals surface area contributed by atoms with Crippen LogP contribution >= 0.6 is 0 Å². The standard InChI is InChI=1S/C14H15NO2/c1-3-11-9-15(10-14(16)17-4-2)13-8-6-5-7-12(11)13/h3,5-9H,1,4,10H2,2H3. The third-order valence-corrected chi connectivity index (χ3v) is 2.64. The fraction of sp³-hybridized carbons (Fsp3) is 0.214. The summed E-state index contributed by atoms with van der Waals surface area (Å²) in [5, 5.41) is 1.10. The number of esters is 1. The molecule has 2 rings (SSSR count). The van der Waals surface area contributed by atoms with Crippen molar-refractivity contribution in [2.24, 2.45) is 0 Å². The largest absolute Gasteiger partial charge is 0.465 e. The normalized spacial score (nSPS) is 10.4. The zero-order valence-corrected chi connectivity index (χ0v) is 9.85. The summed E-state index contributed by atoms with van der Waals surface area (Å²) in [6.45, 7) is 6.23. The first-order valence-electron chi connectivity index (χ1n) is 5.62. The topological polar surface area (TPSA) is 31.2 Å². The van der Waals surface area contributed by atoms with E-state index < -0.39 is 0 Å². The number of ether oxygens (including phenoxy) is 1. The molecular formula is C14H15NO2. The Morgan fingerprint density at radius 1 is 1.47 bits per heavy atom. The van der Waals surface area contributed by atoms with E-state index in [1.54, 1.807) is 13.0 Å². The summed E-state index contributed by atoms with van der Waals surface area (Å²) in [7, 11) is 0. The Kier molecular flexibility index (Phi) is 3.28. The maximum absolute atomic E-state index is 11.5. The Morgan fingerprint density at radius 3 is 2.94 bits per heavy atom. The average Bonchev–Trinajstić information content (AvgIpc) is 2.68. The maximum Gasteiger partial charge on any atom is 0.325 e. The molecule has 1 heterocycles. The number of para-hydroxylation sites is 1. The van der Waals surface area contributed by atoms with Crippen molar-refractivity contribution in [1.82, 2.24) is 4.57 Å². The van der Waals surface area contributed by atoms with Gasteiger partial charge in [-0.3, -0.25) is 4.79 Å². The van der Waals surface area contributed by atoms with Crippen molar-refractivity contribution in [3.63, 3.8) is 0 Å². The number of carbonyl (C=O) groups excluding carboxylic acids is 1. The summed E-state index contributed by atoms with van der Waals surface area (Å²) in [5.41, 5.74) is 2.06. The Balaban J connectivity index is 2.40. The van der Waals surface area contributed by atoms with Crippen molar-refractivity contribution < 1.29 is 9.53 Å². The van der Waals surface area contributed by atoms with Crippen LogP contribution < -0.4 is 0 Å². The molecule has 0 saturated heterocycles. The molecule has 0 aliphatic carbocycles.